The molecule has 2 rings (SSSR count). The van der Waals surface area contributed by atoms with Gasteiger partial charge in [0.25, 0.3) is 0 Å². The molecule has 2 unspecified atom stereocenters. The van der Waals surface area contributed by atoms with Crippen molar-refractivity contribution < 1.29 is 9.59 Å². The Bertz CT molecular complexity index is 459. The number of benzene rings is 1. The van der Waals surface area contributed by atoms with E-state index in [1.807, 2.05) is 26.0 Å². The van der Waals surface area contributed by atoms with Gasteiger partial charge in [0, 0.05) is 24.7 Å². The zero-order valence-corrected chi connectivity index (χ0v) is 11.8. The first-order valence-electron chi connectivity index (χ1n) is 7.26. The van der Waals surface area contributed by atoms with Gasteiger partial charge in [-0.05, 0) is 30.4 Å². The normalized spacial score (nSPS) is 20.5. The van der Waals surface area contributed by atoms with Crippen molar-refractivity contribution in [3.63, 3.8) is 0 Å². The largest absolute Gasteiger partial charge is 0.299 e. The van der Waals surface area contributed by atoms with Gasteiger partial charge in [-0.25, -0.2) is 0 Å². The first kappa shape index (κ1) is 14.0. The Morgan fingerprint density at radius 1 is 1.32 bits per heavy atom. The number of Topliss-reactive ketones (excluding diaryl/α,β-unsaturated/α-hetero) is 2. The van der Waals surface area contributed by atoms with E-state index >= 15 is 0 Å². The number of rotatable bonds is 5. The average Bonchev–Trinajstić information content (AvgIpc) is 2.83. The molecule has 2 nitrogen and oxygen atoms in total. The van der Waals surface area contributed by atoms with E-state index in [0.29, 0.717) is 12.2 Å². The molecule has 0 heterocycles. The third-order valence-electron chi connectivity index (χ3n) is 4.22. The molecule has 0 spiro atoms. The van der Waals surface area contributed by atoms with Gasteiger partial charge >= 0.3 is 0 Å². The second-order valence-corrected chi connectivity index (χ2v) is 5.54. The minimum absolute atomic E-state index is 0.0211. The van der Waals surface area contributed by atoms with Crippen LogP contribution in [-0.4, -0.2) is 11.6 Å². The molecule has 0 aliphatic heterocycles. The highest BCUT2D eigenvalue weighted by molar-refractivity contribution is 5.85. The molecular formula is C17H22O2. The summed E-state index contributed by atoms with van der Waals surface area (Å²) in [6.45, 7) is 3.86. The molecule has 0 radical (unpaired) electrons. The van der Waals surface area contributed by atoms with Crippen LogP contribution in [0, 0.1) is 5.92 Å². The molecule has 0 amide bonds. The van der Waals surface area contributed by atoms with Crippen molar-refractivity contribution >= 4 is 11.6 Å². The molecule has 102 valence electrons. The fourth-order valence-electron chi connectivity index (χ4n) is 2.82. The summed E-state index contributed by atoms with van der Waals surface area (Å²) in [6, 6.07) is 8.21. The van der Waals surface area contributed by atoms with Crippen LogP contribution in [0.1, 0.15) is 56.6 Å². The Morgan fingerprint density at radius 2 is 2.00 bits per heavy atom. The smallest absolute Gasteiger partial charge is 0.139 e. The summed E-state index contributed by atoms with van der Waals surface area (Å²) in [5.41, 5.74) is 2.29. The summed E-state index contributed by atoms with van der Waals surface area (Å²) in [5.74, 6) is 0.894. The van der Waals surface area contributed by atoms with Gasteiger partial charge in [-0.15, -0.1) is 0 Å². The molecule has 1 aromatic carbocycles. The minimum atomic E-state index is -0.0211. The van der Waals surface area contributed by atoms with Crippen molar-refractivity contribution in [1.82, 2.24) is 0 Å². The van der Waals surface area contributed by atoms with E-state index in [1.54, 1.807) is 0 Å². The van der Waals surface area contributed by atoms with Crippen LogP contribution in [0.2, 0.25) is 0 Å². The van der Waals surface area contributed by atoms with Crippen LogP contribution in [0.25, 0.3) is 0 Å². The lowest BCUT2D eigenvalue weighted by Gasteiger charge is -2.12. The molecule has 0 aromatic heterocycles. The van der Waals surface area contributed by atoms with E-state index in [4.69, 9.17) is 0 Å². The highest BCUT2D eigenvalue weighted by Gasteiger charge is 2.24. The fraction of sp³-hybridized carbons (Fsp3) is 0.529. The van der Waals surface area contributed by atoms with Crippen molar-refractivity contribution in [3.05, 3.63) is 35.4 Å². The van der Waals surface area contributed by atoms with Crippen molar-refractivity contribution in [2.24, 2.45) is 5.92 Å². The lowest BCUT2D eigenvalue weighted by molar-refractivity contribution is -0.121. The second-order valence-electron chi connectivity index (χ2n) is 5.54. The molecule has 0 bridgehead atoms. The molecule has 1 aliphatic carbocycles. The third kappa shape index (κ3) is 3.31. The molecule has 1 saturated carbocycles. The maximum atomic E-state index is 11.7. The molecule has 19 heavy (non-hydrogen) atoms. The van der Waals surface area contributed by atoms with Crippen LogP contribution in [0.4, 0.5) is 0 Å². The van der Waals surface area contributed by atoms with Gasteiger partial charge < -0.3 is 0 Å². The van der Waals surface area contributed by atoms with E-state index in [-0.39, 0.29) is 17.6 Å². The van der Waals surface area contributed by atoms with Crippen LogP contribution in [0.5, 0.6) is 0 Å². The summed E-state index contributed by atoms with van der Waals surface area (Å²) in [4.78, 5) is 23.3. The summed E-state index contributed by atoms with van der Waals surface area (Å²) in [5, 5.41) is 0. The lowest BCUT2D eigenvalue weighted by Crippen LogP contribution is -2.10. The van der Waals surface area contributed by atoms with E-state index < -0.39 is 0 Å². The fourth-order valence-corrected chi connectivity index (χ4v) is 2.82. The lowest BCUT2D eigenvalue weighted by atomic mass is 9.92. The molecule has 0 N–H and O–H groups in total. The Labute approximate surface area is 115 Å². The summed E-state index contributed by atoms with van der Waals surface area (Å²) in [7, 11) is 0. The molecule has 1 aromatic rings. The predicted octanol–water partition coefficient (Wildman–Crippen LogP) is 3.68. The highest BCUT2D eigenvalue weighted by Crippen LogP contribution is 2.26. The topological polar surface area (TPSA) is 34.1 Å². The van der Waals surface area contributed by atoms with Crippen molar-refractivity contribution in [2.75, 3.05) is 0 Å². The number of ketones is 2. The summed E-state index contributed by atoms with van der Waals surface area (Å²) < 4.78 is 0. The van der Waals surface area contributed by atoms with Crippen LogP contribution in [-0.2, 0) is 16.0 Å². The third-order valence-corrected chi connectivity index (χ3v) is 4.22. The van der Waals surface area contributed by atoms with E-state index in [9.17, 15) is 9.59 Å². The average molecular weight is 258 g/mol. The highest BCUT2D eigenvalue weighted by atomic mass is 16.1. The number of hydrogen-bond donors (Lipinski definition) is 0. The second kappa shape index (κ2) is 6.14. The number of hydrogen-bond acceptors (Lipinski definition) is 2. The van der Waals surface area contributed by atoms with E-state index in [1.165, 1.54) is 5.56 Å². The minimum Gasteiger partial charge on any atom is -0.299 e. The SMILES string of the molecule is CCC(=O)C(C)c1ccc(CC2CCCC2=O)cc1. The van der Waals surface area contributed by atoms with Gasteiger partial charge in [-0.1, -0.05) is 38.1 Å². The van der Waals surface area contributed by atoms with Gasteiger partial charge in [-0.2, -0.15) is 0 Å². The predicted molar refractivity (Wildman–Crippen MR) is 76.2 cm³/mol. The van der Waals surface area contributed by atoms with Gasteiger partial charge in [0.05, 0.1) is 0 Å². The maximum absolute atomic E-state index is 11.7. The first-order valence-corrected chi connectivity index (χ1v) is 7.26. The molecule has 2 atom stereocenters. The Balaban J connectivity index is 2.02. The Hall–Kier alpha value is -1.44. The molecule has 1 aliphatic rings. The zero-order chi connectivity index (χ0) is 13.8. The maximum Gasteiger partial charge on any atom is 0.139 e. The van der Waals surface area contributed by atoms with Crippen LogP contribution in [0.15, 0.2) is 24.3 Å². The molecule has 0 saturated heterocycles. The summed E-state index contributed by atoms with van der Waals surface area (Å²) in [6.07, 6.45) is 4.27. The molecule has 2 heteroatoms. The van der Waals surface area contributed by atoms with Crippen molar-refractivity contribution in [3.8, 4) is 0 Å². The van der Waals surface area contributed by atoms with Crippen LogP contribution >= 0.6 is 0 Å². The Kier molecular flexibility index (Phi) is 4.52. The standard InChI is InChI=1S/C17H22O2/c1-3-16(18)12(2)14-9-7-13(8-10-14)11-15-5-4-6-17(15)19/h7-10,12,15H,3-6,11H2,1-2H3. The Morgan fingerprint density at radius 3 is 2.53 bits per heavy atom. The van der Waals surface area contributed by atoms with E-state index in [2.05, 4.69) is 12.1 Å². The van der Waals surface area contributed by atoms with Gasteiger partial charge in [0.2, 0.25) is 0 Å². The van der Waals surface area contributed by atoms with Gasteiger partial charge in [0.1, 0.15) is 11.6 Å². The quantitative estimate of drug-likeness (QED) is 0.807. The monoisotopic (exact) mass is 258 g/mol. The zero-order valence-electron chi connectivity index (χ0n) is 11.8. The molecular weight excluding hydrogens is 236 g/mol. The molecule has 1 fully saturated rings. The summed E-state index contributed by atoms with van der Waals surface area (Å²) >= 11 is 0. The first-order chi connectivity index (χ1) is 9.11. The van der Waals surface area contributed by atoms with Crippen LogP contribution < -0.4 is 0 Å². The number of carbonyl (C=O) groups excluding carboxylic acids is 2. The van der Waals surface area contributed by atoms with E-state index in [0.717, 1.165) is 31.2 Å². The number of carbonyl (C=O) groups is 2. The van der Waals surface area contributed by atoms with Crippen molar-refractivity contribution in [1.29, 1.82) is 0 Å². The van der Waals surface area contributed by atoms with Gasteiger partial charge in [-0.3, -0.25) is 9.59 Å². The van der Waals surface area contributed by atoms with Crippen molar-refractivity contribution in [2.45, 2.75) is 51.9 Å². The van der Waals surface area contributed by atoms with Gasteiger partial charge in [0.15, 0.2) is 0 Å². The van der Waals surface area contributed by atoms with Crippen LogP contribution in [0.3, 0.4) is 0 Å².